The number of phenolic OH excluding ortho intramolecular Hbond substituents is 1. The number of fused-ring (bicyclic) bond motifs is 2. The van der Waals surface area contributed by atoms with Gasteiger partial charge in [-0.2, -0.15) is 0 Å². The Bertz CT molecular complexity index is 1260. The molecule has 0 spiro atoms. The number of phenols is 1. The minimum Gasteiger partial charge on any atom is -0.507 e. The molecule has 1 atom stereocenters. The molecule has 35 heavy (non-hydrogen) atoms. The summed E-state index contributed by atoms with van der Waals surface area (Å²) in [4.78, 5) is 27.0. The molecular formula is C30H35NO4. The van der Waals surface area contributed by atoms with Crippen molar-refractivity contribution in [2.24, 2.45) is 0 Å². The van der Waals surface area contributed by atoms with E-state index in [4.69, 9.17) is 4.74 Å². The van der Waals surface area contributed by atoms with Crippen LogP contribution in [0.25, 0.3) is 5.70 Å². The highest BCUT2D eigenvalue weighted by molar-refractivity contribution is 6.23. The zero-order valence-electron chi connectivity index (χ0n) is 21.9. The van der Waals surface area contributed by atoms with Crippen molar-refractivity contribution < 1.29 is 19.4 Å². The summed E-state index contributed by atoms with van der Waals surface area (Å²) in [7, 11) is 0. The molecule has 0 unspecified atom stereocenters. The van der Waals surface area contributed by atoms with E-state index < -0.39 is 11.9 Å². The highest BCUT2D eigenvalue weighted by atomic mass is 16.5. The summed E-state index contributed by atoms with van der Waals surface area (Å²) in [5, 5.41) is 14.6. The molecule has 184 valence electrons. The molecule has 5 heteroatoms. The molecule has 0 saturated carbocycles. The maximum atomic E-state index is 13.8. The number of hydrogen-bond donors (Lipinski definition) is 2. The molecule has 5 nitrogen and oxygen atoms in total. The van der Waals surface area contributed by atoms with E-state index in [0.717, 1.165) is 28.0 Å². The second-order valence-corrected chi connectivity index (χ2v) is 11.4. The van der Waals surface area contributed by atoms with Crippen LogP contribution in [0.15, 0.2) is 53.2 Å². The van der Waals surface area contributed by atoms with Crippen LogP contribution in [0.1, 0.15) is 93.9 Å². The average molecular weight is 474 g/mol. The number of hydrogen-bond acceptors (Lipinski definition) is 5. The number of carbonyl (C=O) groups is 2. The lowest BCUT2D eigenvalue weighted by Gasteiger charge is -2.33. The van der Waals surface area contributed by atoms with Crippen LogP contribution < -0.4 is 5.32 Å². The van der Waals surface area contributed by atoms with Gasteiger partial charge >= 0.3 is 5.97 Å². The molecular weight excluding hydrogens is 438 g/mol. The summed E-state index contributed by atoms with van der Waals surface area (Å²) in [6.07, 6.45) is 0. The Kier molecular flexibility index (Phi) is 5.95. The molecule has 1 aliphatic heterocycles. The summed E-state index contributed by atoms with van der Waals surface area (Å²) < 4.78 is 5.46. The first-order chi connectivity index (χ1) is 16.3. The van der Waals surface area contributed by atoms with Gasteiger partial charge in [0.2, 0.25) is 0 Å². The quantitative estimate of drug-likeness (QED) is 0.526. The third-order valence-corrected chi connectivity index (χ3v) is 6.83. The predicted octanol–water partition coefficient (Wildman–Crippen LogP) is 6.12. The van der Waals surface area contributed by atoms with Crippen molar-refractivity contribution in [2.45, 2.75) is 72.1 Å². The van der Waals surface area contributed by atoms with Gasteiger partial charge in [0.15, 0.2) is 5.78 Å². The minimum atomic E-state index is -0.618. The topological polar surface area (TPSA) is 75.6 Å². The van der Waals surface area contributed by atoms with Crippen LogP contribution in [-0.2, 0) is 20.4 Å². The number of benzene rings is 2. The van der Waals surface area contributed by atoms with Crippen molar-refractivity contribution in [3.05, 3.63) is 81.1 Å². The third-order valence-electron chi connectivity index (χ3n) is 6.83. The molecule has 2 N–H and O–H groups in total. The molecule has 0 radical (unpaired) electrons. The van der Waals surface area contributed by atoms with Gasteiger partial charge in [-0.05, 0) is 41.4 Å². The number of ether oxygens (including phenoxy) is 1. The van der Waals surface area contributed by atoms with Crippen molar-refractivity contribution in [3.8, 4) is 5.75 Å². The fraction of sp³-hybridized carbons (Fsp3) is 0.400. The largest absolute Gasteiger partial charge is 0.507 e. The zero-order valence-corrected chi connectivity index (χ0v) is 21.9. The summed E-state index contributed by atoms with van der Waals surface area (Å²) >= 11 is 0. The Hall–Kier alpha value is -3.34. The number of carbonyl (C=O) groups excluding carboxylic acids is 2. The normalized spacial score (nSPS) is 17.8. The highest BCUT2D eigenvalue weighted by Gasteiger charge is 2.43. The second kappa shape index (κ2) is 8.40. The number of nitrogens with one attached hydrogen (secondary N) is 1. The molecule has 0 amide bonds. The number of aromatic hydroxyl groups is 1. The SMILES string of the molecule is CCOC(=O)C1=C(C)NC2=C(C(=O)c3ccccc32)[C@H]1c1cc(C(C)(C)C)c(O)c(C(C)(C)C)c1. The van der Waals surface area contributed by atoms with Gasteiger partial charge in [-0.3, -0.25) is 4.79 Å². The number of rotatable bonds is 3. The summed E-state index contributed by atoms with van der Waals surface area (Å²) in [5.41, 5.74) is 5.50. The van der Waals surface area contributed by atoms with Crippen LogP contribution >= 0.6 is 0 Å². The number of Topliss-reactive ketones (excluding diaryl/α,β-unsaturated/α-hetero) is 1. The molecule has 0 fully saturated rings. The first kappa shape index (κ1) is 24.8. The Labute approximate surface area is 207 Å². The van der Waals surface area contributed by atoms with Gasteiger partial charge in [-0.1, -0.05) is 77.9 Å². The lowest BCUT2D eigenvalue weighted by molar-refractivity contribution is -0.138. The van der Waals surface area contributed by atoms with Gasteiger partial charge in [0.1, 0.15) is 5.75 Å². The van der Waals surface area contributed by atoms with Gasteiger partial charge in [-0.15, -0.1) is 0 Å². The molecule has 0 aromatic heterocycles. The summed E-state index contributed by atoms with van der Waals surface area (Å²) in [6.45, 7) is 16.2. The molecule has 1 aliphatic carbocycles. The van der Waals surface area contributed by atoms with Crippen molar-refractivity contribution >= 4 is 17.4 Å². The molecule has 1 heterocycles. The van der Waals surface area contributed by atoms with Crippen LogP contribution in [0.5, 0.6) is 5.75 Å². The highest BCUT2D eigenvalue weighted by Crippen LogP contribution is 2.49. The zero-order chi connectivity index (χ0) is 25.9. The maximum Gasteiger partial charge on any atom is 0.336 e. The van der Waals surface area contributed by atoms with Crippen molar-refractivity contribution in [3.63, 3.8) is 0 Å². The van der Waals surface area contributed by atoms with Crippen LogP contribution in [-0.4, -0.2) is 23.5 Å². The molecule has 4 rings (SSSR count). The van der Waals surface area contributed by atoms with Gasteiger partial charge in [0.25, 0.3) is 0 Å². The van der Waals surface area contributed by atoms with Crippen LogP contribution in [0.4, 0.5) is 0 Å². The van der Waals surface area contributed by atoms with E-state index in [0.29, 0.717) is 22.4 Å². The minimum absolute atomic E-state index is 0.0925. The van der Waals surface area contributed by atoms with E-state index in [9.17, 15) is 14.7 Å². The summed E-state index contributed by atoms with van der Waals surface area (Å²) in [6, 6.07) is 11.4. The van der Waals surface area contributed by atoms with E-state index in [1.54, 1.807) is 6.92 Å². The molecule has 2 aromatic rings. The molecule has 2 aromatic carbocycles. The lowest BCUT2D eigenvalue weighted by Crippen LogP contribution is -2.30. The number of esters is 1. The number of dihydropyridines is 1. The smallest absolute Gasteiger partial charge is 0.336 e. The van der Waals surface area contributed by atoms with Crippen LogP contribution in [0, 0.1) is 0 Å². The molecule has 0 bridgehead atoms. The van der Waals surface area contributed by atoms with Gasteiger partial charge < -0.3 is 15.2 Å². The van der Waals surface area contributed by atoms with Gasteiger partial charge in [0.05, 0.1) is 17.9 Å². The fourth-order valence-electron chi connectivity index (χ4n) is 5.11. The number of allylic oxidation sites excluding steroid dienone is 2. The fourth-order valence-corrected chi connectivity index (χ4v) is 5.11. The van der Waals surface area contributed by atoms with Crippen molar-refractivity contribution in [1.29, 1.82) is 0 Å². The van der Waals surface area contributed by atoms with Crippen molar-refractivity contribution in [2.75, 3.05) is 6.61 Å². The van der Waals surface area contributed by atoms with E-state index in [-0.39, 0.29) is 29.0 Å². The Morgan fingerprint density at radius 1 is 1.00 bits per heavy atom. The first-order valence-corrected chi connectivity index (χ1v) is 12.2. The van der Waals surface area contributed by atoms with Gasteiger partial charge in [0, 0.05) is 28.3 Å². The van der Waals surface area contributed by atoms with E-state index in [2.05, 4.69) is 46.9 Å². The standard InChI is InChI=1S/C30H35NO4/c1-9-35-28(34)22-16(2)31-25-18-12-10-11-13-19(18)26(32)24(25)23(22)17-14-20(29(3,4)5)27(33)21(15-17)30(6,7)8/h10-15,23,31,33H,9H2,1-8H3/t23-/m0/s1. The first-order valence-electron chi connectivity index (χ1n) is 12.2. The van der Waals surface area contributed by atoms with E-state index in [1.165, 1.54) is 0 Å². The molecule has 0 saturated heterocycles. The Morgan fingerprint density at radius 2 is 1.54 bits per heavy atom. The Balaban J connectivity index is 2.05. The van der Waals surface area contributed by atoms with E-state index in [1.807, 2.05) is 43.3 Å². The summed E-state index contributed by atoms with van der Waals surface area (Å²) in [5.74, 6) is -0.894. The van der Waals surface area contributed by atoms with Gasteiger partial charge in [-0.25, -0.2) is 4.79 Å². The lowest BCUT2D eigenvalue weighted by atomic mass is 9.73. The monoisotopic (exact) mass is 473 g/mol. The second-order valence-electron chi connectivity index (χ2n) is 11.4. The number of ketones is 1. The van der Waals surface area contributed by atoms with Crippen molar-refractivity contribution in [1.82, 2.24) is 5.32 Å². The predicted molar refractivity (Wildman–Crippen MR) is 138 cm³/mol. The van der Waals surface area contributed by atoms with Crippen LogP contribution in [0.2, 0.25) is 0 Å². The maximum absolute atomic E-state index is 13.8. The molecule has 2 aliphatic rings. The third kappa shape index (κ3) is 4.07. The Morgan fingerprint density at radius 3 is 2.06 bits per heavy atom. The average Bonchev–Trinajstić information content (AvgIpc) is 3.03. The van der Waals surface area contributed by atoms with Crippen LogP contribution in [0.3, 0.4) is 0 Å². The van der Waals surface area contributed by atoms with E-state index >= 15 is 0 Å².